The molecule has 0 amide bonds. The van der Waals surface area contributed by atoms with E-state index in [4.69, 9.17) is 5.11 Å². The molecule has 0 spiro atoms. The van der Waals surface area contributed by atoms with E-state index in [0.717, 1.165) is 19.6 Å². The van der Waals surface area contributed by atoms with Crippen molar-refractivity contribution in [2.24, 2.45) is 0 Å². The van der Waals surface area contributed by atoms with Gasteiger partial charge in [0.2, 0.25) is 10.0 Å². The summed E-state index contributed by atoms with van der Waals surface area (Å²) in [5, 5.41) is 8.20. The van der Waals surface area contributed by atoms with Crippen LogP contribution in [0.1, 0.15) is 0 Å². The minimum Gasteiger partial charge on any atom is -0.395 e. The molecule has 7 heteroatoms. The lowest BCUT2D eigenvalue weighted by molar-refractivity contribution is 0.223. The predicted octanol–water partition coefficient (Wildman–Crippen LogP) is -1.27. The predicted molar refractivity (Wildman–Crippen MR) is 69.6 cm³/mol. The molecule has 1 aliphatic heterocycles. The number of piperazine rings is 1. The van der Waals surface area contributed by atoms with E-state index in [0.29, 0.717) is 13.1 Å². The van der Waals surface area contributed by atoms with Crippen molar-refractivity contribution in [1.82, 2.24) is 14.1 Å². The number of sulfonamides is 1. The van der Waals surface area contributed by atoms with Gasteiger partial charge >= 0.3 is 0 Å². The average molecular weight is 267 g/mol. The smallest absolute Gasteiger partial charge is 0.211 e. The van der Waals surface area contributed by atoms with E-state index in [1.807, 2.05) is 26.0 Å². The van der Waals surface area contributed by atoms with Crippen LogP contribution in [0, 0.1) is 0 Å². The zero-order chi connectivity index (χ0) is 13.5. The Morgan fingerprint density at radius 2 is 1.65 bits per heavy atom. The molecule has 0 atom stereocenters. The Balaban J connectivity index is 0.000000366. The molecule has 1 aliphatic rings. The molecule has 0 aliphatic carbocycles. The van der Waals surface area contributed by atoms with Gasteiger partial charge in [0, 0.05) is 32.7 Å². The van der Waals surface area contributed by atoms with Gasteiger partial charge in [0.1, 0.15) is 0 Å². The van der Waals surface area contributed by atoms with Crippen LogP contribution in [-0.2, 0) is 10.0 Å². The van der Waals surface area contributed by atoms with Crippen LogP contribution in [0.4, 0.5) is 0 Å². The lowest BCUT2D eigenvalue weighted by Gasteiger charge is -2.30. The summed E-state index contributed by atoms with van der Waals surface area (Å²) in [6.45, 7) is 3.97. The fourth-order valence-corrected chi connectivity index (χ4v) is 2.15. The van der Waals surface area contributed by atoms with Crippen molar-refractivity contribution in [3.63, 3.8) is 0 Å². The molecule has 104 valence electrons. The summed E-state index contributed by atoms with van der Waals surface area (Å²) in [4.78, 5) is 4.06. The molecule has 0 aromatic heterocycles. The normalized spacial score (nSPS) is 18.9. The fraction of sp³-hybridized carbons (Fsp3) is 1.00. The highest BCUT2D eigenvalue weighted by Crippen LogP contribution is 2.03. The van der Waals surface area contributed by atoms with E-state index in [9.17, 15) is 8.42 Å². The van der Waals surface area contributed by atoms with E-state index in [2.05, 4.69) is 4.90 Å². The van der Waals surface area contributed by atoms with Crippen LogP contribution < -0.4 is 0 Å². The van der Waals surface area contributed by atoms with Crippen molar-refractivity contribution in [3.05, 3.63) is 0 Å². The first-order valence-electron chi connectivity index (χ1n) is 5.66. The van der Waals surface area contributed by atoms with Gasteiger partial charge in [-0.05, 0) is 21.1 Å². The molecule has 0 aromatic carbocycles. The van der Waals surface area contributed by atoms with Crippen molar-refractivity contribution < 1.29 is 13.5 Å². The standard InChI is InChI=1S/C6H14N2O2S.C4H11NO/c1-7-3-5-8(6-4-7)11(2,9)10;1-5(2)3-4-6/h3-6H2,1-2H3;6H,3-4H2,1-2H3. The van der Waals surface area contributed by atoms with Crippen LogP contribution in [0.2, 0.25) is 0 Å². The van der Waals surface area contributed by atoms with Gasteiger partial charge in [-0.3, -0.25) is 0 Å². The van der Waals surface area contributed by atoms with E-state index in [1.165, 1.54) is 10.6 Å². The molecular weight excluding hydrogens is 242 g/mol. The number of hydrogen-bond donors (Lipinski definition) is 1. The first-order chi connectivity index (χ1) is 7.77. The summed E-state index contributed by atoms with van der Waals surface area (Å²) in [7, 11) is 2.91. The summed E-state index contributed by atoms with van der Waals surface area (Å²) < 4.78 is 23.5. The number of rotatable bonds is 3. The van der Waals surface area contributed by atoms with Crippen LogP contribution in [-0.4, -0.2) is 94.4 Å². The van der Waals surface area contributed by atoms with Gasteiger partial charge in [-0.15, -0.1) is 0 Å². The second-order valence-electron chi connectivity index (χ2n) is 4.49. The van der Waals surface area contributed by atoms with Crippen molar-refractivity contribution in [3.8, 4) is 0 Å². The molecule has 17 heavy (non-hydrogen) atoms. The zero-order valence-corrected chi connectivity index (χ0v) is 12.1. The number of nitrogens with zero attached hydrogens (tertiary/aromatic N) is 3. The number of hydrogen-bond acceptors (Lipinski definition) is 5. The van der Waals surface area contributed by atoms with Crippen molar-refractivity contribution in [2.45, 2.75) is 0 Å². The Hall–Kier alpha value is -0.210. The highest BCUT2D eigenvalue weighted by atomic mass is 32.2. The van der Waals surface area contributed by atoms with Crippen LogP contribution in [0.3, 0.4) is 0 Å². The van der Waals surface area contributed by atoms with Crippen LogP contribution in [0.15, 0.2) is 0 Å². The summed E-state index contributed by atoms with van der Waals surface area (Å²) in [6.07, 6.45) is 1.26. The minimum atomic E-state index is -2.94. The molecular formula is C10H25N3O3S. The third-order valence-electron chi connectivity index (χ3n) is 2.48. The van der Waals surface area contributed by atoms with Crippen molar-refractivity contribution in [2.75, 3.05) is 66.7 Å². The fourth-order valence-electron chi connectivity index (χ4n) is 1.32. The average Bonchev–Trinajstić information content (AvgIpc) is 2.17. The summed E-state index contributed by atoms with van der Waals surface area (Å²) in [5.74, 6) is 0. The molecule has 1 rings (SSSR count). The molecule has 0 bridgehead atoms. The van der Waals surface area contributed by atoms with Crippen molar-refractivity contribution >= 4 is 10.0 Å². The third kappa shape index (κ3) is 8.50. The summed E-state index contributed by atoms with van der Waals surface area (Å²) in [6, 6.07) is 0. The first kappa shape index (κ1) is 16.8. The Kier molecular flexibility index (Phi) is 7.89. The minimum absolute atomic E-state index is 0.257. The highest BCUT2D eigenvalue weighted by molar-refractivity contribution is 7.88. The Labute approximate surface area is 105 Å². The maximum atomic E-state index is 11.0. The molecule has 1 N–H and O–H groups in total. The molecule has 0 saturated carbocycles. The van der Waals surface area contributed by atoms with Crippen LogP contribution in [0.25, 0.3) is 0 Å². The quantitative estimate of drug-likeness (QED) is 0.691. The van der Waals surface area contributed by atoms with E-state index < -0.39 is 10.0 Å². The first-order valence-corrected chi connectivity index (χ1v) is 7.51. The third-order valence-corrected chi connectivity index (χ3v) is 3.78. The lowest BCUT2D eigenvalue weighted by Crippen LogP contribution is -2.46. The Morgan fingerprint density at radius 3 is 1.88 bits per heavy atom. The van der Waals surface area contributed by atoms with Gasteiger partial charge in [0.25, 0.3) is 0 Å². The van der Waals surface area contributed by atoms with Gasteiger partial charge in [-0.25, -0.2) is 8.42 Å². The second-order valence-corrected chi connectivity index (χ2v) is 6.47. The van der Waals surface area contributed by atoms with Crippen LogP contribution >= 0.6 is 0 Å². The number of aliphatic hydroxyl groups is 1. The largest absolute Gasteiger partial charge is 0.395 e. The molecule has 6 nitrogen and oxygen atoms in total. The SMILES string of the molecule is CN(C)CCO.CN1CCN(S(C)(=O)=O)CC1. The Morgan fingerprint density at radius 1 is 1.18 bits per heavy atom. The van der Waals surface area contributed by atoms with Gasteiger partial charge in [0.05, 0.1) is 12.9 Å². The maximum Gasteiger partial charge on any atom is 0.211 e. The summed E-state index contributed by atoms with van der Waals surface area (Å²) >= 11 is 0. The van der Waals surface area contributed by atoms with Crippen molar-refractivity contribution in [1.29, 1.82) is 0 Å². The Bertz CT molecular complexity index is 285. The lowest BCUT2D eigenvalue weighted by atomic mass is 10.4. The van der Waals surface area contributed by atoms with E-state index in [-0.39, 0.29) is 6.61 Å². The molecule has 1 fully saturated rings. The highest BCUT2D eigenvalue weighted by Gasteiger charge is 2.20. The van der Waals surface area contributed by atoms with Gasteiger partial charge < -0.3 is 14.9 Å². The topological polar surface area (TPSA) is 64.1 Å². The molecule has 1 heterocycles. The van der Waals surface area contributed by atoms with Crippen LogP contribution in [0.5, 0.6) is 0 Å². The maximum absolute atomic E-state index is 11.0. The van der Waals surface area contributed by atoms with E-state index in [1.54, 1.807) is 0 Å². The number of aliphatic hydroxyl groups excluding tert-OH is 1. The summed E-state index contributed by atoms with van der Waals surface area (Å²) in [5.41, 5.74) is 0. The molecule has 0 unspecified atom stereocenters. The molecule has 0 aromatic rings. The van der Waals surface area contributed by atoms with E-state index >= 15 is 0 Å². The monoisotopic (exact) mass is 267 g/mol. The second kappa shape index (κ2) is 7.99. The number of likely N-dealkylation sites (N-methyl/N-ethyl adjacent to an activating group) is 2. The molecule has 0 radical (unpaired) electrons. The van der Waals surface area contributed by atoms with Gasteiger partial charge in [0.15, 0.2) is 0 Å². The zero-order valence-electron chi connectivity index (χ0n) is 11.3. The van der Waals surface area contributed by atoms with Gasteiger partial charge in [-0.2, -0.15) is 4.31 Å². The molecule has 1 saturated heterocycles. The van der Waals surface area contributed by atoms with Gasteiger partial charge in [-0.1, -0.05) is 0 Å².